The van der Waals surface area contributed by atoms with Gasteiger partial charge in [0.05, 0.1) is 6.33 Å². The average Bonchev–Trinajstić information content (AvgIpc) is 3.10. The van der Waals surface area contributed by atoms with E-state index in [2.05, 4.69) is 20.3 Å². The number of hydrogen-bond donors (Lipinski definition) is 1. The molecule has 0 unspecified atom stereocenters. The van der Waals surface area contributed by atoms with Crippen LogP contribution in [0.2, 0.25) is 5.28 Å². The monoisotopic (exact) mass is 383 g/mol. The van der Waals surface area contributed by atoms with Crippen LogP contribution < -0.4 is 5.32 Å². The van der Waals surface area contributed by atoms with Crippen LogP contribution in [0.1, 0.15) is 46.1 Å². The van der Waals surface area contributed by atoms with Crippen molar-refractivity contribution in [1.29, 1.82) is 0 Å². The minimum atomic E-state index is -0.496. The lowest BCUT2D eigenvalue weighted by molar-refractivity contribution is 0.0505. The van der Waals surface area contributed by atoms with Crippen LogP contribution in [0.4, 0.5) is 4.79 Å². The molecule has 2 atom stereocenters. The lowest BCUT2D eigenvalue weighted by Gasteiger charge is -2.21. The molecule has 0 saturated heterocycles. The number of thioether (sulfide) groups is 1. The molecular formula is C16H22ClN5O2S. The Morgan fingerprint density at radius 3 is 2.84 bits per heavy atom. The smallest absolute Gasteiger partial charge is 0.407 e. The zero-order valence-electron chi connectivity index (χ0n) is 14.7. The molecule has 2 heterocycles. The van der Waals surface area contributed by atoms with E-state index in [9.17, 15) is 4.79 Å². The van der Waals surface area contributed by atoms with E-state index in [1.807, 2.05) is 31.6 Å². The molecule has 1 aliphatic rings. The zero-order valence-corrected chi connectivity index (χ0v) is 16.3. The standard InChI is InChI=1S/C16H22ClN5O2S/c1-16(2,3)24-15(23)19-9-5-6-10(7-9)22-8-18-11-12(22)20-14(17)21-13(11)25-4/h8-10H,5-7H2,1-4H3,(H,19,23)/t9-,10+/m0/s1. The molecule has 0 aliphatic heterocycles. The summed E-state index contributed by atoms with van der Waals surface area (Å²) < 4.78 is 7.37. The van der Waals surface area contributed by atoms with Crippen LogP contribution in [-0.4, -0.2) is 43.5 Å². The van der Waals surface area contributed by atoms with E-state index in [1.165, 1.54) is 11.8 Å². The second-order valence-electron chi connectivity index (χ2n) is 7.14. The highest BCUT2D eigenvalue weighted by molar-refractivity contribution is 7.98. The number of imidazole rings is 1. The van der Waals surface area contributed by atoms with E-state index < -0.39 is 5.60 Å². The van der Waals surface area contributed by atoms with Crippen molar-refractivity contribution in [2.45, 2.75) is 62.7 Å². The summed E-state index contributed by atoms with van der Waals surface area (Å²) in [6, 6.07) is 0.292. The van der Waals surface area contributed by atoms with Gasteiger partial charge >= 0.3 is 6.09 Å². The second-order valence-corrected chi connectivity index (χ2v) is 8.27. The highest BCUT2D eigenvalue weighted by atomic mass is 35.5. The number of ether oxygens (including phenoxy) is 1. The molecule has 0 radical (unpaired) electrons. The van der Waals surface area contributed by atoms with Crippen LogP contribution in [0, 0.1) is 0 Å². The van der Waals surface area contributed by atoms with Gasteiger partial charge in [0.25, 0.3) is 0 Å². The average molecular weight is 384 g/mol. The van der Waals surface area contributed by atoms with E-state index in [4.69, 9.17) is 16.3 Å². The first-order valence-electron chi connectivity index (χ1n) is 8.20. The Bertz CT molecular complexity index is 789. The van der Waals surface area contributed by atoms with Gasteiger partial charge < -0.3 is 14.6 Å². The van der Waals surface area contributed by atoms with Gasteiger partial charge in [0.1, 0.15) is 16.1 Å². The van der Waals surface area contributed by atoms with Crippen LogP contribution in [0.5, 0.6) is 0 Å². The molecule has 2 aromatic heterocycles. The number of aromatic nitrogens is 4. The van der Waals surface area contributed by atoms with Crippen molar-refractivity contribution in [3.05, 3.63) is 11.6 Å². The number of nitrogens with zero attached hydrogens (tertiary/aromatic N) is 4. The summed E-state index contributed by atoms with van der Waals surface area (Å²) in [5, 5.41) is 3.95. The molecule has 0 aromatic carbocycles. The number of hydrogen-bond acceptors (Lipinski definition) is 6. The molecule has 1 fully saturated rings. The maximum absolute atomic E-state index is 12.0. The Kier molecular flexibility index (Phi) is 5.11. The summed E-state index contributed by atoms with van der Waals surface area (Å²) in [6.07, 6.45) is 5.98. The lowest BCUT2D eigenvalue weighted by atomic mass is 10.2. The Morgan fingerprint density at radius 2 is 2.16 bits per heavy atom. The summed E-state index contributed by atoms with van der Waals surface area (Å²) in [5.74, 6) is 0. The predicted molar refractivity (Wildman–Crippen MR) is 98.2 cm³/mol. The molecule has 1 amide bonds. The Hall–Kier alpha value is -1.54. The van der Waals surface area contributed by atoms with Gasteiger partial charge in [-0.15, -0.1) is 11.8 Å². The van der Waals surface area contributed by atoms with Crippen LogP contribution >= 0.6 is 23.4 Å². The first-order valence-corrected chi connectivity index (χ1v) is 9.80. The number of nitrogens with one attached hydrogen (secondary N) is 1. The number of carbonyl (C=O) groups excluding carboxylic acids is 1. The molecule has 7 nitrogen and oxygen atoms in total. The molecule has 9 heteroatoms. The molecule has 136 valence electrons. The number of alkyl carbamates (subject to hydrolysis) is 1. The van der Waals surface area contributed by atoms with Crippen LogP contribution in [0.25, 0.3) is 11.2 Å². The lowest BCUT2D eigenvalue weighted by Crippen LogP contribution is -2.38. The fraction of sp³-hybridized carbons (Fsp3) is 0.625. The van der Waals surface area contributed by atoms with Gasteiger partial charge in [-0.2, -0.15) is 4.98 Å². The third-order valence-electron chi connectivity index (χ3n) is 4.07. The zero-order chi connectivity index (χ0) is 18.2. The number of rotatable bonds is 3. The fourth-order valence-electron chi connectivity index (χ4n) is 3.09. The second kappa shape index (κ2) is 6.99. The topological polar surface area (TPSA) is 81.9 Å². The van der Waals surface area contributed by atoms with Gasteiger partial charge in [-0.1, -0.05) is 0 Å². The Balaban J connectivity index is 1.73. The quantitative estimate of drug-likeness (QED) is 0.493. The third kappa shape index (κ3) is 4.17. The maximum Gasteiger partial charge on any atom is 0.407 e. The van der Waals surface area contributed by atoms with Crippen molar-refractivity contribution in [3.63, 3.8) is 0 Å². The van der Waals surface area contributed by atoms with Gasteiger partial charge in [0, 0.05) is 12.1 Å². The van der Waals surface area contributed by atoms with Crippen LogP contribution in [-0.2, 0) is 4.74 Å². The number of fused-ring (bicyclic) bond motifs is 1. The SMILES string of the molecule is CSc1nc(Cl)nc2c1ncn2[C@@H]1CC[C@H](NC(=O)OC(C)(C)C)C1. The predicted octanol–water partition coefficient (Wildman–Crippen LogP) is 3.82. The summed E-state index contributed by atoms with van der Waals surface area (Å²) in [4.78, 5) is 25.0. The molecule has 25 heavy (non-hydrogen) atoms. The van der Waals surface area contributed by atoms with Gasteiger partial charge in [-0.3, -0.25) is 0 Å². The first-order chi connectivity index (χ1) is 11.8. The van der Waals surface area contributed by atoms with Crippen LogP contribution in [0.3, 0.4) is 0 Å². The summed E-state index contributed by atoms with van der Waals surface area (Å²) >= 11 is 7.54. The fourth-order valence-corrected chi connectivity index (χ4v) is 3.82. The number of amides is 1. The first kappa shape index (κ1) is 18.3. The summed E-state index contributed by atoms with van der Waals surface area (Å²) in [5.41, 5.74) is 1.01. The Labute approximate surface area is 155 Å². The van der Waals surface area contributed by atoms with E-state index in [0.717, 1.165) is 35.5 Å². The highest BCUT2D eigenvalue weighted by Gasteiger charge is 2.30. The minimum Gasteiger partial charge on any atom is -0.444 e. The molecule has 0 spiro atoms. The van der Waals surface area contributed by atoms with E-state index in [-0.39, 0.29) is 23.5 Å². The van der Waals surface area contributed by atoms with Crippen molar-refractivity contribution < 1.29 is 9.53 Å². The number of carbonyl (C=O) groups is 1. The van der Waals surface area contributed by atoms with Crippen molar-refractivity contribution in [2.75, 3.05) is 6.26 Å². The highest BCUT2D eigenvalue weighted by Crippen LogP contribution is 2.34. The molecule has 1 saturated carbocycles. The largest absolute Gasteiger partial charge is 0.444 e. The molecule has 1 aliphatic carbocycles. The molecular weight excluding hydrogens is 362 g/mol. The minimum absolute atomic E-state index is 0.0784. The van der Waals surface area contributed by atoms with Gasteiger partial charge in [0.2, 0.25) is 5.28 Å². The van der Waals surface area contributed by atoms with Crippen molar-refractivity contribution in [2.24, 2.45) is 0 Å². The van der Waals surface area contributed by atoms with Crippen molar-refractivity contribution in [1.82, 2.24) is 24.8 Å². The van der Waals surface area contributed by atoms with Crippen molar-refractivity contribution >= 4 is 40.6 Å². The third-order valence-corrected chi connectivity index (χ3v) is 4.92. The molecule has 1 N–H and O–H groups in total. The summed E-state index contributed by atoms with van der Waals surface area (Å²) in [6.45, 7) is 5.57. The van der Waals surface area contributed by atoms with E-state index >= 15 is 0 Å². The van der Waals surface area contributed by atoms with Crippen LogP contribution in [0.15, 0.2) is 11.4 Å². The van der Waals surface area contributed by atoms with E-state index in [0.29, 0.717) is 0 Å². The van der Waals surface area contributed by atoms with Gasteiger partial charge in [-0.25, -0.2) is 14.8 Å². The normalized spacial score (nSPS) is 20.8. The maximum atomic E-state index is 12.0. The summed E-state index contributed by atoms with van der Waals surface area (Å²) in [7, 11) is 0. The van der Waals surface area contributed by atoms with Gasteiger partial charge in [-0.05, 0) is 57.9 Å². The number of halogens is 1. The molecule has 2 aromatic rings. The van der Waals surface area contributed by atoms with E-state index in [1.54, 1.807) is 6.33 Å². The Morgan fingerprint density at radius 1 is 1.40 bits per heavy atom. The molecule has 0 bridgehead atoms. The van der Waals surface area contributed by atoms with Gasteiger partial charge in [0.15, 0.2) is 5.65 Å². The van der Waals surface area contributed by atoms with Crippen molar-refractivity contribution in [3.8, 4) is 0 Å². The molecule has 3 rings (SSSR count).